The lowest BCUT2D eigenvalue weighted by atomic mass is 10.0. The van der Waals surface area contributed by atoms with Gasteiger partial charge < -0.3 is 10.6 Å². The van der Waals surface area contributed by atoms with E-state index in [-0.39, 0.29) is 6.04 Å². The van der Waals surface area contributed by atoms with Gasteiger partial charge in [0.2, 0.25) is 0 Å². The summed E-state index contributed by atoms with van der Waals surface area (Å²) in [6.07, 6.45) is 1.10. The van der Waals surface area contributed by atoms with Crippen molar-refractivity contribution < 1.29 is 0 Å². The minimum Gasteiger partial charge on any atom is -0.327 e. The van der Waals surface area contributed by atoms with Gasteiger partial charge in [0.1, 0.15) is 0 Å². The van der Waals surface area contributed by atoms with Crippen molar-refractivity contribution in [3.8, 4) is 0 Å². The Labute approximate surface area is 99.5 Å². The van der Waals surface area contributed by atoms with E-state index in [2.05, 4.69) is 50.1 Å². The van der Waals surface area contributed by atoms with Gasteiger partial charge in [0.25, 0.3) is 0 Å². The van der Waals surface area contributed by atoms with Crippen molar-refractivity contribution in [1.82, 2.24) is 4.90 Å². The van der Waals surface area contributed by atoms with Crippen molar-refractivity contribution in [2.75, 3.05) is 13.6 Å². The first-order valence-corrected chi connectivity index (χ1v) is 6.06. The standard InChI is InChI=1S/C14H24N2/c1-12(2)9-14(15)11-16(3)10-13-7-5-4-6-8-13/h4-8,12,14H,9-11,15H2,1-3H3. The normalized spacial score (nSPS) is 13.4. The number of hydrogen-bond donors (Lipinski definition) is 1. The highest BCUT2D eigenvalue weighted by molar-refractivity contribution is 5.14. The molecular formula is C14H24N2. The Kier molecular flexibility index (Phi) is 5.50. The molecule has 2 N–H and O–H groups in total. The summed E-state index contributed by atoms with van der Waals surface area (Å²) in [5, 5.41) is 0. The first kappa shape index (κ1) is 13.2. The van der Waals surface area contributed by atoms with E-state index < -0.39 is 0 Å². The van der Waals surface area contributed by atoms with Gasteiger partial charge in [-0.1, -0.05) is 44.2 Å². The van der Waals surface area contributed by atoms with Gasteiger partial charge in [-0.05, 0) is 24.9 Å². The predicted molar refractivity (Wildman–Crippen MR) is 70.2 cm³/mol. The van der Waals surface area contributed by atoms with Crippen LogP contribution in [0, 0.1) is 5.92 Å². The van der Waals surface area contributed by atoms with Crippen LogP contribution in [-0.2, 0) is 6.54 Å². The lowest BCUT2D eigenvalue weighted by Gasteiger charge is -2.22. The van der Waals surface area contributed by atoms with Gasteiger partial charge in [0.05, 0.1) is 0 Å². The molecule has 2 nitrogen and oxygen atoms in total. The van der Waals surface area contributed by atoms with Crippen molar-refractivity contribution in [2.24, 2.45) is 11.7 Å². The second-order valence-corrected chi connectivity index (χ2v) is 5.07. The molecule has 0 aliphatic rings. The molecule has 1 atom stereocenters. The van der Waals surface area contributed by atoms with E-state index in [0.29, 0.717) is 5.92 Å². The Hall–Kier alpha value is -0.860. The zero-order valence-electron chi connectivity index (χ0n) is 10.7. The second kappa shape index (κ2) is 6.66. The Morgan fingerprint density at radius 3 is 2.38 bits per heavy atom. The molecule has 0 aliphatic carbocycles. The fraction of sp³-hybridized carbons (Fsp3) is 0.571. The van der Waals surface area contributed by atoms with E-state index in [4.69, 9.17) is 5.73 Å². The van der Waals surface area contributed by atoms with Crippen molar-refractivity contribution >= 4 is 0 Å². The third kappa shape index (κ3) is 5.29. The van der Waals surface area contributed by atoms with Gasteiger partial charge in [-0.25, -0.2) is 0 Å². The minimum absolute atomic E-state index is 0.286. The fourth-order valence-corrected chi connectivity index (χ4v) is 2.04. The summed E-state index contributed by atoms with van der Waals surface area (Å²) in [7, 11) is 2.13. The molecule has 0 bridgehead atoms. The molecule has 2 heteroatoms. The summed E-state index contributed by atoms with van der Waals surface area (Å²) >= 11 is 0. The van der Waals surface area contributed by atoms with E-state index in [1.54, 1.807) is 0 Å². The third-order valence-corrected chi connectivity index (χ3v) is 2.62. The molecule has 16 heavy (non-hydrogen) atoms. The number of likely N-dealkylation sites (N-methyl/N-ethyl adjacent to an activating group) is 1. The van der Waals surface area contributed by atoms with Gasteiger partial charge in [-0.15, -0.1) is 0 Å². The Morgan fingerprint density at radius 1 is 1.19 bits per heavy atom. The molecule has 0 spiro atoms. The zero-order valence-corrected chi connectivity index (χ0v) is 10.7. The molecule has 0 saturated carbocycles. The van der Waals surface area contributed by atoms with E-state index in [1.165, 1.54) is 5.56 Å². The summed E-state index contributed by atoms with van der Waals surface area (Å²) in [5.41, 5.74) is 7.44. The SMILES string of the molecule is CC(C)CC(N)CN(C)Cc1ccccc1. The van der Waals surface area contributed by atoms with Crippen LogP contribution in [0.25, 0.3) is 0 Å². The Morgan fingerprint density at radius 2 is 1.81 bits per heavy atom. The summed E-state index contributed by atoms with van der Waals surface area (Å²) in [4.78, 5) is 2.29. The fourth-order valence-electron chi connectivity index (χ4n) is 2.04. The molecule has 1 rings (SSSR count). The number of benzene rings is 1. The van der Waals surface area contributed by atoms with Crippen LogP contribution < -0.4 is 5.73 Å². The smallest absolute Gasteiger partial charge is 0.0231 e. The van der Waals surface area contributed by atoms with E-state index in [1.807, 2.05) is 6.07 Å². The van der Waals surface area contributed by atoms with Crippen LogP contribution in [0.5, 0.6) is 0 Å². The number of rotatable bonds is 6. The van der Waals surface area contributed by atoms with E-state index in [9.17, 15) is 0 Å². The molecule has 0 heterocycles. The predicted octanol–water partition coefficient (Wildman–Crippen LogP) is 2.49. The van der Waals surface area contributed by atoms with Crippen LogP contribution in [0.2, 0.25) is 0 Å². The van der Waals surface area contributed by atoms with Crippen molar-refractivity contribution in [3.05, 3.63) is 35.9 Å². The van der Waals surface area contributed by atoms with Crippen LogP contribution in [0.15, 0.2) is 30.3 Å². The second-order valence-electron chi connectivity index (χ2n) is 5.07. The molecule has 0 radical (unpaired) electrons. The molecule has 0 fully saturated rings. The summed E-state index contributed by atoms with van der Waals surface area (Å²) < 4.78 is 0. The molecule has 0 aliphatic heterocycles. The van der Waals surface area contributed by atoms with E-state index >= 15 is 0 Å². The molecule has 1 unspecified atom stereocenters. The maximum absolute atomic E-state index is 6.09. The van der Waals surface area contributed by atoms with Crippen molar-refractivity contribution in [1.29, 1.82) is 0 Å². The average molecular weight is 220 g/mol. The molecule has 0 saturated heterocycles. The van der Waals surface area contributed by atoms with Crippen molar-refractivity contribution in [2.45, 2.75) is 32.9 Å². The van der Waals surface area contributed by atoms with Crippen molar-refractivity contribution in [3.63, 3.8) is 0 Å². The minimum atomic E-state index is 0.286. The van der Waals surface area contributed by atoms with Gasteiger partial charge >= 0.3 is 0 Å². The Bertz CT molecular complexity index is 282. The van der Waals surface area contributed by atoms with Crippen LogP contribution >= 0.6 is 0 Å². The van der Waals surface area contributed by atoms with Gasteiger partial charge in [-0.2, -0.15) is 0 Å². The van der Waals surface area contributed by atoms with Crippen LogP contribution in [0.1, 0.15) is 25.8 Å². The number of nitrogens with zero attached hydrogens (tertiary/aromatic N) is 1. The quantitative estimate of drug-likeness (QED) is 0.798. The lowest BCUT2D eigenvalue weighted by molar-refractivity contribution is 0.287. The van der Waals surface area contributed by atoms with Crippen LogP contribution in [-0.4, -0.2) is 24.5 Å². The first-order valence-electron chi connectivity index (χ1n) is 6.06. The summed E-state index contributed by atoms with van der Waals surface area (Å²) in [5.74, 6) is 0.681. The topological polar surface area (TPSA) is 29.3 Å². The molecule has 1 aromatic carbocycles. The number of hydrogen-bond acceptors (Lipinski definition) is 2. The Balaban J connectivity index is 2.33. The number of nitrogens with two attached hydrogens (primary N) is 1. The van der Waals surface area contributed by atoms with Gasteiger partial charge in [0, 0.05) is 19.1 Å². The highest BCUT2D eigenvalue weighted by Crippen LogP contribution is 2.06. The third-order valence-electron chi connectivity index (χ3n) is 2.62. The molecular weight excluding hydrogens is 196 g/mol. The maximum atomic E-state index is 6.09. The molecule has 90 valence electrons. The van der Waals surface area contributed by atoms with Gasteiger partial charge in [-0.3, -0.25) is 0 Å². The lowest BCUT2D eigenvalue weighted by Crippen LogP contribution is -2.35. The first-order chi connectivity index (χ1) is 7.58. The largest absolute Gasteiger partial charge is 0.327 e. The average Bonchev–Trinajstić information content (AvgIpc) is 2.17. The molecule has 0 amide bonds. The maximum Gasteiger partial charge on any atom is 0.0231 e. The van der Waals surface area contributed by atoms with Crippen LogP contribution in [0.3, 0.4) is 0 Å². The highest BCUT2D eigenvalue weighted by Gasteiger charge is 2.08. The van der Waals surface area contributed by atoms with E-state index in [0.717, 1.165) is 19.5 Å². The summed E-state index contributed by atoms with van der Waals surface area (Å²) in [6.45, 7) is 6.38. The zero-order chi connectivity index (χ0) is 12.0. The van der Waals surface area contributed by atoms with Gasteiger partial charge in [0.15, 0.2) is 0 Å². The summed E-state index contributed by atoms with van der Waals surface area (Å²) in [6, 6.07) is 10.8. The van der Waals surface area contributed by atoms with Crippen LogP contribution in [0.4, 0.5) is 0 Å². The monoisotopic (exact) mass is 220 g/mol. The highest BCUT2D eigenvalue weighted by atomic mass is 15.1. The molecule has 1 aromatic rings. The molecule has 0 aromatic heterocycles.